The summed E-state index contributed by atoms with van der Waals surface area (Å²) in [4.78, 5) is 25.7. The van der Waals surface area contributed by atoms with Crippen molar-refractivity contribution in [2.24, 2.45) is 0 Å². The summed E-state index contributed by atoms with van der Waals surface area (Å²) < 4.78 is 13.0. The molecule has 2 aromatic carbocycles. The van der Waals surface area contributed by atoms with Gasteiger partial charge in [-0.25, -0.2) is 9.18 Å². The van der Waals surface area contributed by atoms with Crippen molar-refractivity contribution < 1.29 is 14.0 Å². The molecule has 0 aromatic heterocycles. The van der Waals surface area contributed by atoms with E-state index in [2.05, 4.69) is 22.8 Å². The predicted molar refractivity (Wildman–Crippen MR) is 98.5 cm³/mol. The van der Waals surface area contributed by atoms with Crippen LogP contribution >= 0.6 is 0 Å². The van der Waals surface area contributed by atoms with Gasteiger partial charge in [0.2, 0.25) is 5.91 Å². The van der Waals surface area contributed by atoms with Crippen molar-refractivity contribution in [1.29, 1.82) is 0 Å². The molecule has 26 heavy (non-hydrogen) atoms. The van der Waals surface area contributed by atoms with Gasteiger partial charge in [0.05, 0.1) is 6.04 Å². The Hall–Kier alpha value is -2.89. The zero-order valence-electron chi connectivity index (χ0n) is 14.5. The smallest absolute Gasteiger partial charge is 0.315 e. The number of nitrogens with one attached hydrogen (secondary N) is 2. The summed E-state index contributed by atoms with van der Waals surface area (Å²) in [6.07, 6.45) is 2.00. The average Bonchev–Trinajstić information content (AvgIpc) is 3.00. The van der Waals surface area contributed by atoms with Crippen LogP contribution in [0, 0.1) is 5.82 Å². The Morgan fingerprint density at radius 1 is 1.12 bits per heavy atom. The lowest BCUT2D eigenvalue weighted by Crippen LogP contribution is -2.43. The molecule has 5 nitrogen and oxygen atoms in total. The summed E-state index contributed by atoms with van der Waals surface area (Å²) in [5.41, 5.74) is 1.88. The first kappa shape index (κ1) is 17.9. The molecule has 0 saturated carbocycles. The standard InChI is InChI=1S/C20H22FN3O2/c21-16-8-10-18(11-9-16)24-14-17(13-19(24)25)23-20(26)22-12-4-7-15-5-2-1-3-6-15/h1-3,5-6,8-11,17H,4,7,12-14H2,(H2,22,23,26). The molecule has 6 heteroatoms. The molecule has 2 N–H and O–H groups in total. The maximum absolute atomic E-state index is 13.0. The van der Waals surface area contributed by atoms with E-state index < -0.39 is 0 Å². The average molecular weight is 355 g/mol. The van der Waals surface area contributed by atoms with Crippen LogP contribution in [0.3, 0.4) is 0 Å². The lowest BCUT2D eigenvalue weighted by Gasteiger charge is -2.17. The molecule has 3 amide bonds. The summed E-state index contributed by atoms with van der Waals surface area (Å²) in [6.45, 7) is 0.963. The fourth-order valence-corrected chi connectivity index (χ4v) is 3.05. The minimum Gasteiger partial charge on any atom is -0.338 e. The number of hydrogen-bond donors (Lipinski definition) is 2. The highest BCUT2D eigenvalue weighted by molar-refractivity contribution is 5.96. The van der Waals surface area contributed by atoms with Crippen molar-refractivity contribution in [1.82, 2.24) is 10.6 Å². The van der Waals surface area contributed by atoms with Crippen LogP contribution in [0.4, 0.5) is 14.9 Å². The summed E-state index contributed by atoms with van der Waals surface area (Å²) >= 11 is 0. The summed E-state index contributed by atoms with van der Waals surface area (Å²) in [5, 5.41) is 5.66. The second-order valence-electron chi connectivity index (χ2n) is 6.37. The van der Waals surface area contributed by atoms with Gasteiger partial charge in [-0.2, -0.15) is 0 Å². The molecule has 1 aliphatic heterocycles. The van der Waals surface area contributed by atoms with Gasteiger partial charge in [-0.05, 0) is 42.7 Å². The Kier molecular flexibility index (Phi) is 5.84. The molecule has 1 unspecified atom stereocenters. The molecule has 0 spiro atoms. The molecule has 1 atom stereocenters. The van der Waals surface area contributed by atoms with Gasteiger partial charge in [-0.15, -0.1) is 0 Å². The van der Waals surface area contributed by atoms with Gasteiger partial charge in [0, 0.05) is 25.2 Å². The number of aryl methyl sites for hydroxylation is 1. The zero-order chi connectivity index (χ0) is 18.4. The second kappa shape index (κ2) is 8.47. The van der Waals surface area contributed by atoms with Crippen LogP contribution in [-0.2, 0) is 11.2 Å². The third kappa shape index (κ3) is 4.81. The number of halogens is 1. The number of amides is 3. The van der Waals surface area contributed by atoms with E-state index in [1.54, 1.807) is 17.0 Å². The minimum absolute atomic E-state index is 0.0778. The fourth-order valence-electron chi connectivity index (χ4n) is 3.05. The van der Waals surface area contributed by atoms with Gasteiger partial charge in [-0.1, -0.05) is 30.3 Å². The quantitative estimate of drug-likeness (QED) is 0.783. The number of carbonyl (C=O) groups excluding carboxylic acids is 2. The van der Waals surface area contributed by atoms with Crippen LogP contribution < -0.4 is 15.5 Å². The second-order valence-corrected chi connectivity index (χ2v) is 6.37. The van der Waals surface area contributed by atoms with Crippen molar-refractivity contribution in [2.45, 2.75) is 25.3 Å². The molecule has 1 aliphatic rings. The normalized spacial score (nSPS) is 16.6. The van der Waals surface area contributed by atoms with Gasteiger partial charge in [0.1, 0.15) is 5.82 Å². The van der Waals surface area contributed by atoms with E-state index in [1.165, 1.54) is 17.7 Å². The van der Waals surface area contributed by atoms with Crippen LogP contribution in [0.15, 0.2) is 54.6 Å². The van der Waals surface area contributed by atoms with Gasteiger partial charge < -0.3 is 15.5 Å². The van der Waals surface area contributed by atoms with Crippen molar-refractivity contribution in [3.05, 3.63) is 66.0 Å². The van der Waals surface area contributed by atoms with Crippen LogP contribution in [0.5, 0.6) is 0 Å². The lowest BCUT2D eigenvalue weighted by molar-refractivity contribution is -0.117. The number of urea groups is 1. The monoisotopic (exact) mass is 355 g/mol. The molecule has 1 heterocycles. The first-order valence-corrected chi connectivity index (χ1v) is 8.76. The number of anilines is 1. The fraction of sp³-hybridized carbons (Fsp3) is 0.300. The molecule has 0 radical (unpaired) electrons. The number of rotatable bonds is 6. The predicted octanol–water partition coefficient (Wildman–Crippen LogP) is 2.86. The van der Waals surface area contributed by atoms with Crippen molar-refractivity contribution in [3.63, 3.8) is 0 Å². The van der Waals surface area contributed by atoms with Crippen LogP contribution in [0.1, 0.15) is 18.4 Å². The molecule has 3 rings (SSSR count). The molecule has 136 valence electrons. The van der Waals surface area contributed by atoms with E-state index >= 15 is 0 Å². The number of carbonyl (C=O) groups is 2. The first-order chi connectivity index (χ1) is 12.6. The number of nitrogens with zero attached hydrogens (tertiary/aromatic N) is 1. The first-order valence-electron chi connectivity index (χ1n) is 8.76. The van der Waals surface area contributed by atoms with E-state index in [0.29, 0.717) is 18.8 Å². The molecular weight excluding hydrogens is 333 g/mol. The Bertz CT molecular complexity index is 749. The number of hydrogen-bond acceptors (Lipinski definition) is 2. The van der Waals surface area contributed by atoms with E-state index in [9.17, 15) is 14.0 Å². The molecule has 2 aromatic rings. The zero-order valence-corrected chi connectivity index (χ0v) is 14.5. The Balaban J connectivity index is 1.40. The third-order valence-electron chi connectivity index (χ3n) is 4.37. The van der Waals surface area contributed by atoms with E-state index in [-0.39, 0.29) is 30.2 Å². The number of benzene rings is 2. The van der Waals surface area contributed by atoms with Crippen molar-refractivity contribution in [2.75, 3.05) is 18.0 Å². The highest BCUT2D eigenvalue weighted by atomic mass is 19.1. The van der Waals surface area contributed by atoms with E-state index in [4.69, 9.17) is 0 Å². The van der Waals surface area contributed by atoms with Crippen molar-refractivity contribution in [3.8, 4) is 0 Å². The highest BCUT2D eigenvalue weighted by Crippen LogP contribution is 2.21. The third-order valence-corrected chi connectivity index (χ3v) is 4.37. The minimum atomic E-state index is -0.343. The highest BCUT2D eigenvalue weighted by Gasteiger charge is 2.31. The SMILES string of the molecule is O=C(NCCCc1ccccc1)NC1CC(=O)N(c2ccc(F)cc2)C1. The largest absolute Gasteiger partial charge is 0.338 e. The van der Waals surface area contributed by atoms with Crippen molar-refractivity contribution >= 4 is 17.6 Å². The van der Waals surface area contributed by atoms with E-state index in [0.717, 1.165) is 12.8 Å². The van der Waals surface area contributed by atoms with Crippen LogP contribution in [0.2, 0.25) is 0 Å². The molecule has 1 fully saturated rings. The van der Waals surface area contributed by atoms with Gasteiger partial charge in [0.25, 0.3) is 0 Å². The maximum atomic E-state index is 13.0. The molecule has 1 saturated heterocycles. The maximum Gasteiger partial charge on any atom is 0.315 e. The molecular formula is C20H22FN3O2. The summed E-state index contributed by atoms with van der Waals surface area (Å²) in [7, 11) is 0. The van der Waals surface area contributed by atoms with E-state index in [1.807, 2.05) is 18.2 Å². The molecule has 0 bridgehead atoms. The van der Waals surface area contributed by atoms with Gasteiger partial charge in [-0.3, -0.25) is 4.79 Å². The van der Waals surface area contributed by atoms with Crippen LogP contribution in [-0.4, -0.2) is 31.1 Å². The lowest BCUT2D eigenvalue weighted by atomic mass is 10.1. The topological polar surface area (TPSA) is 61.4 Å². The van der Waals surface area contributed by atoms with Gasteiger partial charge in [0.15, 0.2) is 0 Å². The summed E-state index contributed by atoms with van der Waals surface area (Å²) in [6, 6.07) is 15.4. The Morgan fingerprint density at radius 2 is 1.85 bits per heavy atom. The summed E-state index contributed by atoms with van der Waals surface area (Å²) in [5.74, 6) is -0.420. The van der Waals surface area contributed by atoms with Crippen LogP contribution in [0.25, 0.3) is 0 Å². The Labute approximate surface area is 152 Å². The Morgan fingerprint density at radius 3 is 2.58 bits per heavy atom. The molecule has 0 aliphatic carbocycles. The van der Waals surface area contributed by atoms with Gasteiger partial charge >= 0.3 is 6.03 Å².